The molecule has 0 saturated carbocycles. The Morgan fingerprint density at radius 2 is 2.60 bits per heavy atom. The minimum Gasteiger partial charge on any atom is -0.496 e. The fraction of sp³-hybridized carbons (Fsp3) is 0.636. The zero-order chi connectivity index (χ0) is 10.5. The van der Waals surface area contributed by atoms with Gasteiger partial charge in [-0.3, -0.25) is 0 Å². The summed E-state index contributed by atoms with van der Waals surface area (Å²) in [5, 5.41) is 5.52. The van der Waals surface area contributed by atoms with Crippen molar-refractivity contribution < 1.29 is 9.47 Å². The fourth-order valence-electron chi connectivity index (χ4n) is 1.77. The van der Waals surface area contributed by atoms with Gasteiger partial charge in [-0.15, -0.1) is 11.3 Å². The summed E-state index contributed by atoms with van der Waals surface area (Å²) in [6, 6.07) is 2.01. The van der Waals surface area contributed by atoms with Crippen molar-refractivity contribution in [2.24, 2.45) is 5.92 Å². The molecule has 1 saturated heterocycles. The number of rotatable bonds is 5. The summed E-state index contributed by atoms with van der Waals surface area (Å²) in [7, 11) is 1.72. The maximum absolute atomic E-state index is 5.33. The predicted octanol–water partition coefficient (Wildman–Crippen LogP) is 1.88. The molecule has 84 valence electrons. The topological polar surface area (TPSA) is 30.5 Å². The Morgan fingerprint density at radius 1 is 1.67 bits per heavy atom. The first-order chi connectivity index (χ1) is 7.40. The lowest BCUT2D eigenvalue weighted by atomic mass is 10.1. The molecule has 3 nitrogen and oxygen atoms in total. The Hall–Kier alpha value is -0.580. The molecule has 0 bridgehead atoms. The molecule has 0 spiro atoms. The van der Waals surface area contributed by atoms with Gasteiger partial charge in [-0.25, -0.2) is 0 Å². The van der Waals surface area contributed by atoms with Crippen molar-refractivity contribution in [1.82, 2.24) is 5.32 Å². The molecule has 0 radical (unpaired) electrons. The quantitative estimate of drug-likeness (QED) is 0.833. The van der Waals surface area contributed by atoms with E-state index < -0.39 is 0 Å². The maximum Gasteiger partial charge on any atom is 0.134 e. The van der Waals surface area contributed by atoms with Crippen LogP contribution in [0, 0.1) is 5.92 Å². The van der Waals surface area contributed by atoms with Crippen LogP contribution in [0.15, 0.2) is 11.4 Å². The van der Waals surface area contributed by atoms with Crippen molar-refractivity contribution in [3.63, 3.8) is 0 Å². The van der Waals surface area contributed by atoms with Gasteiger partial charge in [0.05, 0.1) is 18.6 Å². The van der Waals surface area contributed by atoms with Crippen molar-refractivity contribution >= 4 is 11.3 Å². The van der Waals surface area contributed by atoms with E-state index >= 15 is 0 Å². The first-order valence-electron chi connectivity index (χ1n) is 5.29. The molecular formula is C11H17NO2S. The van der Waals surface area contributed by atoms with Gasteiger partial charge in [0, 0.05) is 19.7 Å². The number of nitrogens with one attached hydrogen (secondary N) is 1. The SMILES string of the molecule is COc1ccsc1CNCC1CCOC1. The molecule has 0 aliphatic carbocycles. The minimum atomic E-state index is 0.691. The summed E-state index contributed by atoms with van der Waals surface area (Å²) < 4.78 is 10.6. The molecule has 1 fully saturated rings. The lowest BCUT2D eigenvalue weighted by Crippen LogP contribution is -2.22. The molecule has 2 rings (SSSR count). The summed E-state index contributed by atoms with van der Waals surface area (Å²) in [5.74, 6) is 1.69. The molecule has 1 N–H and O–H groups in total. The van der Waals surface area contributed by atoms with Crippen LogP contribution >= 0.6 is 11.3 Å². The third-order valence-corrected chi connectivity index (χ3v) is 3.57. The van der Waals surface area contributed by atoms with E-state index in [0.717, 1.165) is 32.1 Å². The van der Waals surface area contributed by atoms with Crippen molar-refractivity contribution in [3.8, 4) is 5.75 Å². The van der Waals surface area contributed by atoms with E-state index in [4.69, 9.17) is 9.47 Å². The monoisotopic (exact) mass is 227 g/mol. The standard InChI is InChI=1S/C11H17NO2S/c1-13-10-3-5-15-11(10)7-12-6-9-2-4-14-8-9/h3,5,9,12H,2,4,6-8H2,1H3. The van der Waals surface area contributed by atoms with Crippen molar-refractivity contribution in [2.75, 3.05) is 26.9 Å². The second kappa shape index (κ2) is 5.49. The lowest BCUT2D eigenvalue weighted by molar-refractivity contribution is 0.185. The van der Waals surface area contributed by atoms with Crippen LogP contribution < -0.4 is 10.1 Å². The minimum absolute atomic E-state index is 0.691. The average molecular weight is 227 g/mol. The Balaban J connectivity index is 1.73. The Kier molecular flexibility index (Phi) is 4.00. The molecule has 4 heteroatoms. The lowest BCUT2D eigenvalue weighted by Gasteiger charge is -2.09. The highest BCUT2D eigenvalue weighted by Crippen LogP contribution is 2.24. The first-order valence-corrected chi connectivity index (χ1v) is 6.17. The van der Waals surface area contributed by atoms with Gasteiger partial charge in [0.1, 0.15) is 5.75 Å². The molecule has 1 aliphatic rings. The summed E-state index contributed by atoms with van der Waals surface area (Å²) in [6.07, 6.45) is 1.19. The van der Waals surface area contributed by atoms with E-state index in [-0.39, 0.29) is 0 Å². The second-order valence-corrected chi connectivity index (χ2v) is 4.77. The Labute approximate surface area is 94.4 Å². The number of hydrogen-bond acceptors (Lipinski definition) is 4. The average Bonchev–Trinajstić information content (AvgIpc) is 2.88. The first kappa shape index (κ1) is 10.9. The van der Waals surface area contributed by atoms with Gasteiger partial charge in [-0.2, -0.15) is 0 Å². The fourth-order valence-corrected chi connectivity index (χ4v) is 2.58. The smallest absolute Gasteiger partial charge is 0.134 e. The van der Waals surface area contributed by atoms with Crippen LogP contribution in [-0.4, -0.2) is 26.9 Å². The molecule has 1 aromatic heterocycles. The van der Waals surface area contributed by atoms with Gasteiger partial charge in [0.15, 0.2) is 0 Å². The van der Waals surface area contributed by atoms with Crippen LogP contribution in [0.4, 0.5) is 0 Å². The van der Waals surface area contributed by atoms with Crippen LogP contribution in [0.1, 0.15) is 11.3 Å². The van der Waals surface area contributed by atoms with Gasteiger partial charge >= 0.3 is 0 Å². The third-order valence-electron chi connectivity index (χ3n) is 2.67. The van der Waals surface area contributed by atoms with Gasteiger partial charge in [-0.05, 0) is 23.8 Å². The maximum atomic E-state index is 5.33. The van der Waals surface area contributed by atoms with Crippen molar-refractivity contribution in [3.05, 3.63) is 16.3 Å². The molecule has 2 heterocycles. The number of methoxy groups -OCH3 is 1. The summed E-state index contributed by atoms with van der Waals surface area (Å²) in [6.45, 7) is 3.78. The zero-order valence-corrected chi connectivity index (χ0v) is 9.81. The van der Waals surface area contributed by atoms with Crippen LogP contribution in [-0.2, 0) is 11.3 Å². The molecule has 0 aromatic carbocycles. The Bertz CT molecular complexity index is 295. The van der Waals surface area contributed by atoms with Gasteiger partial charge < -0.3 is 14.8 Å². The molecule has 1 aromatic rings. The van der Waals surface area contributed by atoms with Gasteiger partial charge in [0.2, 0.25) is 0 Å². The van der Waals surface area contributed by atoms with Gasteiger partial charge in [-0.1, -0.05) is 0 Å². The third kappa shape index (κ3) is 2.93. The van der Waals surface area contributed by atoms with Crippen LogP contribution in [0.2, 0.25) is 0 Å². The summed E-state index contributed by atoms with van der Waals surface area (Å²) >= 11 is 1.74. The number of thiophene rings is 1. The second-order valence-electron chi connectivity index (χ2n) is 3.77. The van der Waals surface area contributed by atoms with Crippen LogP contribution in [0.5, 0.6) is 5.75 Å². The van der Waals surface area contributed by atoms with E-state index in [1.807, 2.05) is 6.07 Å². The molecule has 15 heavy (non-hydrogen) atoms. The van der Waals surface area contributed by atoms with E-state index in [1.165, 1.54) is 11.3 Å². The van der Waals surface area contributed by atoms with E-state index in [9.17, 15) is 0 Å². The van der Waals surface area contributed by atoms with Crippen LogP contribution in [0.3, 0.4) is 0 Å². The number of ether oxygens (including phenoxy) is 2. The van der Waals surface area contributed by atoms with E-state index in [1.54, 1.807) is 18.4 Å². The van der Waals surface area contributed by atoms with Gasteiger partial charge in [0.25, 0.3) is 0 Å². The highest BCUT2D eigenvalue weighted by Gasteiger charge is 2.15. The highest BCUT2D eigenvalue weighted by atomic mass is 32.1. The highest BCUT2D eigenvalue weighted by molar-refractivity contribution is 7.10. The van der Waals surface area contributed by atoms with Crippen molar-refractivity contribution in [2.45, 2.75) is 13.0 Å². The molecule has 1 aliphatic heterocycles. The predicted molar refractivity (Wildman–Crippen MR) is 61.5 cm³/mol. The Morgan fingerprint density at radius 3 is 3.33 bits per heavy atom. The van der Waals surface area contributed by atoms with E-state index in [2.05, 4.69) is 10.7 Å². The normalized spacial score (nSPS) is 20.7. The number of hydrogen-bond donors (Lipinski definition) is 1. The van der Waals surface area contributed by atoms with Crippen LogP contribution in [0.25, 0.3) is 0 Å². The largest absolute Gasteiger partial charge is 0.496 e. The molecule has 0 amide bonds. The zero-order valence-electron chi connectivity index (χ0n) is 8.99. The molecular weight excluding hydrogens is 210 g/mol. The van der Waals surface area contributed by atoms with E-state index in [0.29, 0.717) is 5.92 Å². The molecule has 1 atom stereocenters. The summed E-state index contributed by atoms with van der Waals surface area (Å²) in [5.41, 5.74) is 0. The molecule has 1 unspecified atom stereocenters. The van der Waals surface area contributed by atoms with Crippen molar-refractivity contribution in [1.29, 1.82) is 0 Å². The summed E-state index contributed by atoms with van der Waals surface area (Å²) in [4.78, 5) is 1.27.